The molecule has 0 bridgehead atoms. The van der Waals surface area contributed by atoms with Gasteiger partial charge in [-0.2, -0.15) is 8.78 Å². The van der Waals surface area contributed by atoms with Crippen molar-refractivity contribution in [3.05, 3.63) is 82.4 Å². The Kier molecular flexibility index (Phi) is 9.13. The molecule has 0 N–H and O–H groups in total. The summed E-state index contributed by atoms with van der Waals surface area (Å²) in [5, 5.41) is 0.191. The molecule has 1 aliphatic rings. The molecule has 1 aliphatic heterocycles. The van der Waals surface area contributed by atoms with Gasteiger partial charge in [0.05, 0.1) is 29.3 Å². The summed E-state index contributed by atoms with van der Waals surface area (Å²) in [6.45, 7) is -2.00. The largest absolute Gasteiger partial charge is 0.486 e. The first kappa shape index (κ1) is 30.2. The predicted octanol–water partition coefficient (Wildman–Crippen LogP) is 6.69. The highest BCUT2D eigenvalue weighted by molar-refractivity contribution is 7.92. The Balaban J connectivity index is 1.78. The van der Waals surface area contributed by atoms with Crippen molar-refractivity contribution >= 4 is 44.9 Å². The quantitative estimate of drug-likeness (QED) is 0.152. The summed E-state index contributed by atoms with van der Waals surface area (Å²) in [6.07, 6.45) is 0.865. The number of halogens is 5. The smallest absolute Gasteiger partial charge is 0.387 e. The fraction of sp³-hybridized carbons (Fsp3) is 0.250. The van der Waals surface area contributed by atoms with Gasteiger partial charge in [-0.3, -0.25) is 9.10 Å². The SMILES string of the molecule is COC(=O)CC[C@H]1CN(S(=O)(=O)c2ccc(F)c(OC(F)F)c2)c2cc(/C=C(\C)c3c(F)cccc3Cl)ccc2O1. The lowest BCUT2D eigenvalue weighted by atomic mass is 10.0. The third kappa shape index (κ3) is 6.76. The molecule has 7 nitrogen and oxygen atoms in total. The molecule has 0 unspecified atom stereocenters. The van der Waals surface area contributed by atoms with Crippen LogP contribution in [0, 0.1) is 11.6 Å². The minimum Gasteiger partial charge on any atom is -0.486 e. The molecule has 3 aromatic rings. The third-order valence-corrected chi connectivity index (χ3v) is 8.35. The lowest BCUT2D eigenvalue weighted by Gasteiger charge is -2.35. The molecule has 41 heavy (non-hydrogen) atoms. The molecule has 218 valence electrons. The average molecular weight is 614 g/mol. The van der Waals surface area contributed by atoms with Crippen LogP contribution in [0.15, 0.2) is 59.5 Å². The van der Waals surface area contributed by atoms with E-state index in [0.717, 1.165) is 10.4 Å². The molecule has 0 amide bonds. The van der Waals surface area contributed by atoms with Gasteiger partial charge < -0.3 is 14.2 Å². The van der Waals surface area contributed by atoms with Gasteiger partial charge in [-0.1, -0.05) is 29.8 Å². The lowest BCUT2D eigenvalue weighted by Crippen LogP contribution is -2.43. The Morgan fingerprint density at radius 2 is 1.90 bits per heavy atom. The highest BCUT2D eigenvalue weighted by Crippen LogP contribution is 2.40. The van der Waals surface area contributed by atoms with Crippen molar-refractivity contribution in [1.29, 1.82) is 0 Å². The van der Waals surface area contributed by atoms with Crippen molar-refractivity contribution in [2.45, 2.75) is 37.4 Å². The minimum atomic E-state index is -4.49. The van der Waals surface area contributed by atoms with Crippen molar-refractivity contribution in [3.8, 4) is 11.5 Å². The van der Waals surface area contributed by atoms with Gasteiger partial charge in [0, 0.05) is 18.1 Å². The number of rotatable bonds is 9. The van der Waals surface area contributed by atoms with Crippen molar-refractivity contribution < 1.29 is 45.0 Å². The van der Waals surface area contributed by atoms with Crippen molar-refractivity contribution in [2.24, 2.45) is 0 Å². The minimum absolute atomic E-state index is 0.0588. The van der Waals surface area contributed by atoms with Crippen LogP contribution in [0.5, 0.6) is 11.5 Å². The van der Waals surface area contributed by atoms with E-state index in [4.69, 9.17) is 16.3 Å². The Labute approximate surface area is 238 Å². The summed E-state index contributed by atoms with van der Waals surface area (Å²) >= 11 is 6.19. The maximum absolute atomic E-state index is 14.5. The molecule has 1 heterocycles. The standard InChI is InChI=1S/C28H24ClF4NO6S/c1-16(27-20(29)4-3-5-22(27)31)12-17-6-10-24-23(13-17)34(15-18(39-24)7-11-26(35)38-2)41(36,37)19-8-9-21(30)25(14-19)40-28(32)33/h3-6,8-10,12-14,18,28H,7,11,15H2,1-2H3/b16-12+/t18-/m0/s1. The van der Waals surface area contributed by atoms with Gasteiger partial charge in [0.25, 0.3) is 10.0 Å². The van der Waals surface area contributed by atoms with Crippen molar-refractivity contribution in [2.75, 3.05) is 18.0 Å². The number of alkyl halides is 2. The molecule has 0 saturated heterocycles. The molecule has 3 aromatic carbocycles. The lowest BCUT2D eigenvalue weighted by molar-refractivity contribution is -0.141. The first-order chi connectivity index (χ1) is 19.4. The number of carbonyl (C=O) groups is 1. The van der Waals surface area contributed by atoms with Crippen LogP contribution in [0.1, 0.15) is 30.9 Å². The molecular formula is C28H24ClF4NO6S. The monoisotopic (exact) mass is 613 g/mol. The number of benzene rings is 3. The van der Waals surface area contributed by atoms with Gasteiger partial charge in [-0.05, 0) is 60.9 Å². The van der Waals surface area contributed by atoms with Crippen LogP contribution in [0.4, 0.5) is 23.2 Å². The number of methoxy groups -OCH3 is 1. The normalized spacial score (nSPS) is 15.4. The summed E-state index contributed by atoms with van der Waals surface area (Å²) < 4.78 is 97.5. The molecule has 0 saturated carbocycles. The van der Waals surface area contributed by atoms with Crippen molar-refractivity contribution in [3.63, 3.8) is 0 Å². The predicted molar refractivity (Wildman–Crippen MR) is 145 cm³/mol. The van der Waals surface area contributed by atoms with Crippen LogP contribution in [0.3, 0.4) is 0 Å². The van der Waals surface area contributed by atoms with E-state index in [0.29, 0.717) is 23.3 Å². The van der Waals surface area contributed by atoms with Crippen LogP contribution < -0.4 is 13.8 Å². The van der Waals surface area contributed by atoms with Gasteiger partial charge >= 0.3 is 12.6 Å². The number of anilines is 1. The number of sulfonamides is 1. The van der Waals surface area contributed by atoms with Crippen LogP contribution in [-0.4, -0.2) is 40.8 Å². The molecule has 0 aromatic heterocycles. The molecule has 4 rings (SSSR count). The van der Waals surface area contributed by atoms with Crippen molar-refractivity contribution in [1.82, 2.24) is 0 Å². The molecule has 0 spiro atoms. The Morgan fingerprint density at radius 3 is 2.59 bits per heavy atom. The van der Waals surface area contributed by atoms with Gasteiger partial charge in [0.1, 0.15) is 17.7 Å². The van der Waals surface area contributed by atoms with Crippen LogP contribution in [0.2, 0.25) is 5.02 Å². The van der Waals surface area contributed by atoms with E-state index < -0.39 is 51.0 Å². The number of esters is 1. The number of fused-ring (bicyclic) bond motifs is 1. The number of hydrogen-bond acceptors (Lipinski definition) is 6. The fourth-order valence-electron chi connectivity index (χ4n) is 4.33. The molecular weight excluding hydrogens is 590 g/mol. The molecule has 1 atom stereocenters. The second-order valence-corrected chi connectivity index (χ2v) is 11.3. The summed E-state index contributed by atoms with van der Waals surface area (Å²) in [5.41, 5.74) is 1.19. The molecule has 0 aliphatic carbocycles. The zero-order chi connectivity index (χ0) is 29.9. The number of allylic oxidation sites excluding steroid dienone is 1. The average Bonchev–Trinajstić information content (AvgIpc) is 2.92. The second-order valence-electron chi connectivity index (χ2n) is 9.01. The van der Waals surface area contributed by atoms with E-state index in [9.17, 15) is 30.8 Å². The van der Waals surface area contributed by atoms with Gasteiger partial charge in [-0.25, -0.2) is 17.2 Å². The third-order valence-electron chi connectivity index (χ3n) is 6.26. The first-order valence-corrected chi connectivity index (χ1v) is 14.0. The van der Waals surface area contributed by atoms with Gasteiger partial charge in [0.15, 0.2) is 11.6 Å². The zero-order valence-corrected chi connectivity index (χ0v) is 23.3. The maximum Gasteiger partial charge on any atom is 0.387 e. The number of hydrogen-bond donors (Lipinski definition) is 0. The highest BCUT2D eigenvalue weighted by Gasteiger charge is 2.35. The highest BCUT2D eigenvalue weighted by atomic mass is 35.5. The molecule has 0 radical (unpaired) electrons. The van der Waals surface area contributed by atoms with E-state index >= 15 is 0 Å². The van der Waals surface area contributed by atoms with Crippen LogP contribution >= 0.6 is 11.6 Å². The van der Waals surface area contributed by atoms with E-state index in [-0.39, 0.29) is 41.4 Å². The topological polar surface area (TPSA) is 82.1 Å². The van der Waals surface area contributed by atoms with Gasteiger partial charge in [-0.15, -0.1) is 0 Å². The zero-order valence-electron chi connectivity index (χ0n) is 21.7. The van der Waals surface area contributed by atoms with E-state index in [1.807, 2.05) is 0 Å². The maximum atomic E-state index is 14.5. The fourth-order valence-corrected chi connectivity index (χ4v) is 6.16. The Morgan fingerprint density at radius 1 is 1.15 bits per heavy atom. The van der Waals surface area contributed by atoms with E-state index in [1.54, 1.807) is 19.1 Å². The van der Waals surface area contributed by atoms with E-state index in [2.05, 4.69) is 9.47 Å². The molecule has 13 heteroatoms. The summed E-state index contributed by atoms with van der Waals surface area (Å²) in [4.78, 5) is 11.2. The number of nitrogens with zero attached hydrogens (tertiary/aromatic N) is 1. The number of ether oxygens (including phenoxy) is 3. The summed E-state index contributed by atoms with van der Waals surface area (Å²) in [6, 6.07) is 11.2. The Hall–Kier alpha value is -3.77. The van der Waals surface area contributed by atoms with Crippen LogP contribution in [-0.2, 0) is 19.6 Å². The molecule has 0 fully saturated rings. The summed E-state index contributed by atoms with van der Waals surface area (Å²) in [7, 11) is -3.28. The van der Waals surface area contributed by atoms with Crippen LogP contribution in [0.25, 0.3) is 11.6 Å². The summed E-state index contributed by atoms with van der Waals surface area (Å²) in [5.74, 6) is -3.02. The van der Waals surface area contributed by atoms with Gasteiger partial charge in [0.2, 0.25) is 0 Å². The Bertz CT molecular complexity index is 1580. The second kappa shape index (κ2) is 12.4. The first-order valence-electron chi connectivity index (χ1n) is 12.2. The number of carbonyl (C=O) groups excluding carboxylic acids is 1. The van der Waals surface area contributed by atoms with E-state index in [1.165, 1.54) is 37.4 Å².